The molecule has 0 unspecified atom stereocenters. The van der Waals surface area contributed by atoms with Gasteiger partial charge in [-0.3, -0.25) is 4.79 Å². The number of anilines is 1. The lowest BCUT2D eigenvalue weighted by molar-refractivity contribution is -0.118. The number of pyridine rings is 1. The van der Waals surface area contributed by atoms with Crippen LogP contribution in [0.25, 0.3) is 0 Å². The lowest BCUT2D eigenvalue weighted by Gasteiger charge is -2.27. The molecule has 2 fully saturated rings. The summed E-state index contributed by atoms with van der Waals surface area (Å²) in [6.45, 7) is 0.871. The van der Waals surface area contributed by atoms with Gasteiger partial charge >= 0.3 is 0 Å². The first kappa shape index (κ1) is 11.5. The number of carbonyl (C=O) groups is 1. The van der Waals surface area contributed by atoms with Gasteiger partial charge in [0.05, 0.1) is 6.04 Å². The zero-order valence-electron chi connectivity index (χ0n) is 10.5. The van der Waals surface area contributed by atoms with Gasteiger partial charge in [0.2, 0.25) is 6.41 Å². The van der Waals surface area contributed by atoms with E-state index in [1.54, 1.807) is 0 Å². The van der Waals surface area contributed by atoms with Crippen LogP contribution in [0.5, 0.6) is 0 Å². The van der Waals surface area contributed by atoms with Gasteiger partial charge in [-0.25, -0.2) is 4.98 Å². The number of nitrogens with one attached hydrogen (secondary N) is 1. The fraction of sp³-hybridized carbons (Fsp3) is 0.571. The minimum Gasteiger partial charge on any atom is -0.367 e. The molecule has 1 atom stereocenters. The van der Waals surface area contributed by atoms with Gasteiger partial charge < -0.3 is 10.2 Å². The standard InChI is InChI=1S/C14H19N3O/c18-10-17-8-2-5-13(17)11-6-7-14(15-9-11)16-12-3-1-4-12/h6-7,9-10,12-13H,1-5,8H2,(H,15,16)/t13-/m0/s1. The Balaban J connectivity index is 1.67. The molecule has 0 bridgehead atoms. The molecule has 1 saturated heterocycles. The van der Waals surface area contributed by atoms with Crippen molar-refractivity contribution in [3.8, 4) is 0 Å². The molecule has 4 nitrogen and oxygen atoms in total. The number of hydrogen-bond donors (Lipinski definition) is 1. The Kier molecular flexibility index (Phi) is 3.17. The predicted octanol–water partition coefficient (Wildman–Crippen LogP) is 2.34. The molecule has 1 aliphatic carbocycles. The molecule has 1 aromatic heterocycles. The van der Waals surface area contributed by atoms with E-state index in [1.165, 1.54) is 19.3 Å². The summed E-state index contributed by atoms with van der Waals surface area (Å²) >= 11 is 0. The number of aromatic nitrogens is 1. The molecule has 0 aromatic carbocycles. The van der Waals surface area contributed by atoms with E-state index in [0.717, 1.165) is 37.2 Å². The summed E-state index contributed by atoms with van der Waals surface area (Å²) in [5.74, 6) is 0.958. The van der Waals surface area contributed by atoms with Gasteiger partial charge in [0.1, 0.15) is 5.82 Å². The van der Waals surface area contributed by atoms with Crippen LogP contribution in [0, 0.1) is 0 Å². The summed E-state index contributed by atoms with van der Waals surface area (Å²) < 4.78 is 0. The highest BCUT2D eigenvalue weighted by molar-refractivity contribution is 5.50. The lowest BCUT2D eigenvalue weighted by atomic mass is 9.93. The maximum absolute atomic E-state index is 10.9. The van der Waals surface area contributed by atoms with Crippen molar-refractivity contribution in [3.05, 3.63) is 23.9 Å². The van der Waals surface area contributed by atoms with Gasteiger partial charge in [0.25, 0.3) is 0 Å². The normalized spacial score (nSPS) is 23.8. The zero-order chi connectivity index (χ0) is 12.4. The van der Waals surface area contributed by atoms with E-state index >= 15 is 0 Å². The number of rotatable bonds is 4. The highest BCUT2D eigenvalue weighted by Crippen LogP contribution is 2.30. The molecule has 1 saturated carbocycles. The molecule has 2 heterocycles. The van der Waals surface area contributed by atoms with Crippen molar-refractivity contribution in [2.24, 2.45) is 0 Å². The molecule has 1 aliphatic heterocycles. The topological polar surface area (TPSA) is 45.2 Å². The van der Waals surface area contributed by atoms with Crippen LogP contribution in [0.1, 0.15) is 43.7 Å². The Morgan fingerprint density at radius 2 is 2.17 bits per heavy atom. The van der Waals surface area contributed by atoms with Crippen LogP contribution in [-0.4, -0.2) is 28.9 Å². The Labute approximate surface area is 107 Å². The minimum absolute atomic E-state index is 0.229. The molecule has 4 heteroatoms. The van der Waals surface area contributed by atoms with Gasteiger partial charge in [-0.2, -0.15) is 0 Å². The molecule has 0 spiro atoms. The van der Waals surface area contributed by atoms with Crippen LogP contribution in [-0.2, 0) is 4.79 Å². The van der Waals surface area contributed by atoms with Gasteiger partial charge in [-0.15, -0.1) is 0 Å². The summed E-state index contributed by atoms with van der Waals surface area (Å²) in [4.78, 5) is 17.3. The Morgan fingerprint density at radius 1 is 1.28 bits per heavy atom. The Hall–Kier alpha value is -1.58. The van der Waals surface area contributed by atoms with Crippen LogP contribution in [0.4, 0.5) is 5.82 Å². The first-order chi connectivity index (χ1) is 8.86. The van der Waals surface area contributed by atoms with Crippen LogP contribution >= 0.6 is 0 Å². The second-order valence-corrected chi connectivity index (χ2v) is 5.25. The highest BCUT2D eigenvalue weighted by Gasteiger charge is 2.25. The van der Waals surface area contributed by atoms with Crippen LogP contribution < -0.4 is 5.32 Å². The Morgan fingerprint density at radius 3 is 2.78 bits per heavy atom. The van der Waals surface area contributed by atoms with Crippen molar-refractivity contribution in [3.63, 3.8) is 0 Å². The van der Waals surface area contributed by atoms with Gasteiger partial charge in [-0.1, -0.05) is 6.07 Å². The monoisotopic (exact) mass is 245 g/mol. The summed E-state index contributed by atoms with van der Waals surface area (Å²) in [5.41, 5.74) is 1.15. The number of carbonyl (C=O) groups excluding carboxylic acids is 1. The first-order valence-corrected chi connectivity index (χ1v) is 6.80. The highest BCUT2D eigenvalue weighted by atomic mass is 16.1. The fourth-order valence-electron chi connectivity index (χ4n) is 2.72. The number of likely N-dealkylation sites (tertiary alicyclic amines) is 1. The number of amides is 1. The second-order valence-electron chi connectivity index (χ2n) is 5.25. The summed E-state index contributed by atoms with van der Waals surface area (Å²) in [6.07, 6.45) is 8.84. The zero-order valence-corrected chi connectivity index (χ0v) is 10.5. The minimum atomic E-state index is 0.229. The molecule has 18 heavy (non-hydrogen) atoms. The third-order valence-corrected chi connectivity index (χ3v) is 4.06. The summed E-state index contributed by atoms with van der Waals surface area (Å²) in [7, 11) is 0. The molecule has 0 radical (unpaired) electrons. The quantitative estimate of drug-likeness (QED) is 0.828. The second kappa shape index (κ2) is 4.96. The summed E-state index contributed by atoms with van der Waals surface area (Å²) in [5, 5.41) is 3.43. The van der Waals surface area contributed by atoms with Crippen LogP contribution in [0.2, 0.25) is 0 Å². The third kappa shape index (κ3) is 2.19. The lowest BCUT2D eigenvalue weighted by Crippen LogP contribution is -2.27. The largest absolute Gasteiger partial charge is 0.367 e. The van der Waals surface area contributed by atoms with Crippen molar-refractivity contribution in [1.29, 1.82) is 0 Å². The molecular weight excluding hydrogens is 226 g/mol. The van der Waals surface area contributed by atoms with Crippen LogP contribution in [0.3, 0.4) is 0 Å². The van der Waals surface area contributed by atoms with E-state index in [9.17, 15) is 4.79 Å². The maximum Gasteiger partial charge on any atom is 0.210 e. The third-order valence-electron chi connectivity index (χ3n) is 4.06. The van der Waals surface area contributed by atoms with Gasteiger partial charge in [0, 0.05) is 18.8 Å². The van der Waals surface area contributed by atoms with E-state index in [0.29, 0.717) is 6.04 Å². The molecule has 96 valence electrons. The predicted molar refractivity (Wildman–Crippen MR) is 70.2 cm³/mol. The van der Waals surface area contributed by atoms with E-state index < -0.39 is 0 Å². The SMILES string of the molecule is O=CN1CCC[C@H]1c1ccc(NC2CCC2)nc1. The van der Waals surface area contributed by atoms with Crippen molar-refractivity contribution in [1.82, 2.24) is 9.88 Å². The fourth-order valence-corrected chi connectivity index (χ4v) is 2.72. The molecule has 1 N–H and O–H groups in total. The smallest absolute Gasteiger partial charge is 0.210 e. The summed E-state index contributed by atoms with van der Waals surface area (Å²) in [6, 6.07) is 4.98. The molecule has 1 amide bonds. The first-order valence-electron chi connectivity index (χ1n) is 6.80. The van der Waals surface area contributed by atoms with Crippen molar-refractivity contribution in [2.45, 2.75) is 44.2 Å². The van der Waals surface area contributed by atoms with E-state index in [4.69, 9.17) is 0 Å². The van der Waals surface area contributed by atoms with Gasteiger partial charge in [-0.05, 0) is 43.7 Å². The van der Waals surface area contributed by atoms with Crippen LogP contribution in [0.15, 0.2) is 18.3 Å². The molecule has 2 aliphatic rings. The van der Waals surface area contributed by atoms with Gasteiger partial charge in [0.15, 0.2) is 0 Å². The van der Waals surface area contributed by atoms with E-state index in [1.807, 2.05) is 17.2 Å². The molecule has 1 aromatic rings. The average Bonchev–Trinajstić information content (AvgIpc) is 2.83. The van der Waals surface area contributed by atoms with E-state index in [2.05, 4.69) is 16.4 Å². The average molecular weight is 245 g/mol. The number of nitrogens with zero attached hydrogens (tertiary/aromatic N) is 2. The Bertz CT molecular complexity index is 414. The molecular formula is C14H19N3O. The maximum atomic E-state index is 10.9. The number of hydrogen-bond acceptors (Lipinski definition) is 3. The van der Waals surface area contributed by atoms with Crippen molar-refractivity contribution >= 4 is 12.2 Å². The van der Waals surface area contributed by atoms with E-state index in [-0.39, 0.29) is 6.04 Å². The molecule has 3 rings (SSSR count). The van der Waals surface area contributed by atoms with Crippen molar-refractivity contribution < 1.29 is 4.79 Å². The van der Waals surface area contributed by atoms with Crippen molar-refractivity contribution in [2.75, 3.05) is 11.9 Å².